The molecule has 0 radical (unpaired) electrons. The zero-order valence-corrected chi connectivity index (χ0v) is 21.4. The molecule has 21 heavy (non-hydrogen) atoms. The molecular formula is C16H35GeHfN3. The van der Waals surface area contributed by atoms with Crippen molar-refractivity contribution in [3.05, 3.63) is 40.2 Å². The standard InChI is InChI=1S/C7H11Ge.3C3H8N.Hf/c1-8(2)7-5-3-4-6-7;3*1-3-4-2;/h3-6,8H,1-2H3;3*3H2,1-2H3;/q4*-1;+4. The molecule has 0 aliphatic carbocycles. The van der Waals surface area contributed by atoms with Gasteiger partial charge >= 0.3 is 80.4 Å². The van der Waals surface area contributed by atoms with E-state index in [9.17, 15) is 0 Å². The molecule has 0 saturated heterocycles. The molecule has 0 aliphatic rings. The molecule has 1 aromatic rings. The fourth-order valence-electron chi connectivity index (χ4n) is 0.774. The first-order valence-corrected chi connectivity index (χ1v) is 13.5. The van der Waals surface area contributed by atoms with Gasteiger partial charge in [0.2, 0.25) is 0 Å². The summed E-state index contributed by atoms with van der Waals surface area (Å²) in [6.07, 6.45) is 0. The van der Waals surface area contributed by atoms with Crippen molar-refractivity contribution in [3.63, 3.8) is 0 Å². The molecule has 0 unspecified atom stereocenters. The molecule has 0 saturated carbocycles. The maximum Gasteiger partial charge on any atom is 4.00 e. The van der Waals surface area contributed by atoms with Crippen molar-refractivity contribution in [2.24, 2.45) is 0 Å². The molecule has 0 heterocycles. The van der Waals surface area contributed by atoms with Crippen LogP contribution in [-0.4, -0.2) is 55.1 Å². The molecule has 122 valence electrons. The summed E-state index contributed by atoms with van der Waals surface area (Å²) in [6, 6.07) is 8.73. The first kappa shape index (κ1) is 29.6. The van der Waals surface area contributed by atoms with Crippen LogP contribution in [0.4, 0.5) is 0 Å². The molecule has 0 atom stereocenters. The third-order valence-electron chi connectivity index (χ3n) is 2.30. The number of rotatable bonds is 4. The summed E-state index contributed by atoms with van der Waals surface area (Å²) in [7, 11) is 5.42. The quantitative estimate of drug-likeness (QED) is 0.424. The fraction of sp³-hybridized carbons (Fsp3) is 0.688. The maximum absolute atomic E-state index is 3.74. The molecule has 0 spiro atoms. The normalized spacial score (nSPS) is 8.24. The average Bonchev–Trinajstić information content (AvgIpc) is 3.02. The van der Waals surface area contributed by atoms with Gasteiger partial charge in [0, 0.05) is 0 Å². The first-order chi connectivity index (χ1) is 9.55. The average molecular weight is 521 g/mol. The molecule has 0 amide bonds. The monoisotopic (exact) mass is 523 g/mol. The van der Waals surface area contributed by atoms with E-state index in [4.69, 9.17) is 0 Å². The van der Waals surface area contributed by atoms with Crippen molar-refractivity contribution in [1.82, 2.24) is 0 Å². The summed E-state index contributed by atoms with van der Waals surface area (Å²) in [4.78, 5) is 0. The van der Waals surface area contributed by atoms with Gasteiger partial charge in [-0.05, 0) is 0 Å². The Morgan fingerprint density at radius 1 is 0.762 bits per heavy atom. The summed E-state index contributed by atoms with van der Waals surface area (Å²) >= 11 is -0.888. The fourth-order valence-corrected chi connectivity index (χ4v) is 2.86. The molecule has 0 bridgehead atoms. The van der Waals surface area contributed by atoms with Crippen molar-refractivity contribution in [2.75, 3.05) is 40.8 Å². The maximum atomic E-state index is 3.74. The number of hydrogen-bond donors (Lipinski definition) is 0. The molecule has 3 nitrogen and oxygen atoms in total. The van der Waals surface area contributed by atoms with Crippen molar-refractivity contribution < 1.29 is 25.8 Å². The first-order valence-electron chi connectivity index (χ1n) is 7.43. The smallest absolute Gasteiger partial charge is 4.00 e. The Balaban J connectivity index is -0.0000000973. The van der Waals surface area contributed by atoms with E-state index in [1.54, 1.807) is 25.5 Å². The molecule has 5 heteroatoms. The summed E-state index contributed by atoms with van der Waals surface area (Å²) in [5.41, 5.74) is 0. The Morgan fingerprint density at radius 3 is 1.10 bits per heavy atom. The van der Waals surface area contributed by atoms with Crippen LogP contribution in [0.2, 0.25) is 11.5 Å². The van der Waals surface area contributed by atoms with Crippen LogP contribution in [0.1, 0.15) is 20.8 Å². The second-order valence-corrected chi connectivity index (χ2v) is 10.5. The van der Waals surface area contributed by atoms with Gasteiger partial charge < -0.3 is 16.0 Å². The van der Waals surface area contributed by atoms with E-state index in [-0.39, 0.29) is 25.8 Å². The summed E-state index contributed by atoms with van der Waals surface area (Å²) in [5, 5.41) is 11.2. The van der Waals surface area contributed by atoms with Gasteiger partial charge in [-0.25, -0.2) is 0 Å². The van der Waals surface area contributed by atoms with E-state index >= 15 is 0 Å². The van der Waals surface area contributed by atoms with E-state index < -0.39 is 14.3 Å². The SMILES string of the molecule is CC[N-]C.CC[N-]C.CC[N-]C.[CH3][GeH]([CH3])[c-]1cccc1.[Hf+4]. The minimum atomic E-state index is -0.888. The van der Waals surface area contributed by atoms with Crippen molar-refractivity contribution in [1.29, 1.82) is 0 Å². The van der Waals surface area contributed by atoms with E-state index in [0.29, 0.717) is 0 Å². The second-order valence-electron chi connectivity index (χ2n) is 4.27. The van der Waals surface area contributed by atoms with Crippen LogP contribution < -0.4 is 4.40 Å². The summed E-state index contributed by atoms with van der Waals surface area (Å²) in [6.45, 7) is 8.88. The Morgan fingerprint density at radius 2 is 1.00 bits per heavy atom. The Bertz CT molecular complexity index is 214. The molecule has 0 fully saturated rings. The van der Waals surface area contributed by atoms with Crippen LogP contribution >= 0.6 is 0 Å². The summed E-state index contributed by atoms with van der Waals surface area (Å²) in [5.74, 6) is 4.78. The topological polar surface area (TPSA) is 42.3 Å². The van der Waals surface area contributed by atoms with Crippen LogP contribution in [0.15, 0.2) is 24.3 Å². The third-order valence-corrected chi connectivity index (χ3v) is 5.91. The Hall–Kier alpha value is 0.643. The van der Waals surface area contributed by atoms with Gasteiger partial charge in [0.1, 0.15) is 0 Å². The van der Waals surface area contributed by atoms with Gasteiger partial charge in [-0.1, -0.05) is 20.8 Å². The van der Waals surface area contributed by atoms with Gasteiger partial charge in [0.25, 0.3) is 0 Å². The van der Waals surface area contributed by atoms with Crippen molar-refractivity contribution in [3.8, 4) is 0 Å². The largest absolute Gasteiger partial charge is 4.00 e. The zero-order chi connectivity index (χ0) is 16.2. The molecule has 0 aromatic heterocycles. The summed E-state index contributed by atoms with van der Waals surface area (Å²) < 4.78 is 1.62. The Kier molecular flexibility index (Phi) is 40.6. The van der Waals surface area contributed by atoms with Crippen LogP contribution in [-0.2, 0) is 25.8 Å². The van der Waals surface area contributed by atoms with Crippen molar-refractivity contribution >= 4 is 18.7 Å². The van der Waals surface area contributed by atoms with E-state index in [2.05, 4.69) is 51.7 Å². The van der Waals surface area contributed by atoms with Crippen LogP contribution in [0, 0.1) is 0 Å². The molecule has 1 aromatic carbocycles. The van der Waals surface area contributed by atoms with Crippen LogP contribution in [0.5, 0.6) is 0 Å². The van der Waals surface area contributed by atoms with Gasteiger partial charge in [-0.3, -0.25) is 0 Å². The second kappa shape index (κ2) is 28.8. The predicted molar refractivity (Wildman–Crippen MR) is 100 cm³/mol. The van der Waals surface area contributed by atoms with Crippen molar-refractivity contribution in [2.45, 2.75) is 32.3 Å². The minimum Gasteiger partial charge on any atom is 4.00 e. The van der Waals surface area contributed by atoms with Crippen LogP contribution in [0.25, 0.3) is 16.0 Å². The predicted octanol–water partition coefficient (Wildman–Crippen LogP) is 4.13. The number of hydrogen-bond acceptors (Lipinski definition) is 0. The van der Waals surface area contributed by atoms with Gasteiger partial charge in [-0.15, -0.1) is 0 Å². The van der Waals surface area contributed by atoms with Gasteiger partial charge in [0.05, 0.1) is 0 Å². The molecule has 1 rings (SSSR count). The molecular weight excluding hydrogens is 485 g/mol. The van der Waals surface area contributed by atoms with E-state index in [1.165, 1.54) is 0 Å². The van der Waals surface area contributed by atoms with Gasteiger partial charge in [-0.2, -0.15) is 40.8 Å². The molecule has 0 aliphatic heterocycles. The zero-order valence-electron chi connectivity index (χ0n) is 15.3. The van der Waals surface area contributed by atoms with E-state index in [1.807, 2.05) is 20.8 Å². The Labute approximate surface area is 157 Å². The number of nitrogens with zero attached hydrogens (tertiary/aromatic N) is 3. The third kappa shape index (κ3) is 33.5. The van der Waals surface area contributed by atoms with Gasteiger partial charge in [0.15, 0.2) is 0 Å². The minimum absolute atomic E-state index is 0. The van der Waals surface area contributed by atoms with E-state index in [0.717, 1.165) is 19.6 Å². The molecule has 0 N–H and O–H groups in total. The van der Waals surface area contributed by atoms with Crippen LogP contribution in [0.3, 0.4) is 0 Å².